The Morgan fingerprint density at radius 1 is 0.629 bits per heavy atom. The van der Waals surface area contributed by atoms with Crippen LogP contribution in [-0.2, 0) is 31.4 Å². The Morgan fingerprint density at radius 3 is 1.48 bits per heavy atom. The molecule has 8 rings (SSSR count). The predicted molar refractivity (Wildman–Crippen MR) is 210 cm³/mol. The van der Waals surface area contributed by atoms with E-state index in [0.717, 1.165) is 18.5 Å². The van der Waals surface area contributed by atoms with Crippen LogP contribution in [0.4, 0.5) is 70.3 Å². The summed E-state index contributed by atoms with van der Waals surface area (Å²) in [7, 11) is 0. The Balaban J connectivity index is 0.000000186. The van der Waals surface area contributed by atoms with Crippen molar-refractivity contribution in [2.75, 3.05) is 45.0 Å². The van der Waals surface area contributed by atoms with Gasteiger partial charge >= 0.3 is 24.5 Å². The Morgan fingerprint density at radius 2 is 1.06 bits per heavy atom. The normalized spacial score (nSPS) is 23.6. The molecule has 6 N–H and O–H groups in total. The van der Waals surface area contributed by atoms with Gasteiger partial charge in [0.2, 0.25) is 11.8 Å². The first-order valence-corrected chi connectivity index (χ1v) is 19.4. The summed E-state index contributed by atoms with van der Waals surface area (Å²) in [6.45, 7) is 0.691. The van der Waals surface area contributed by atoms with Crippen LogP contribution in [0.2, 0.25) is 0 Å². The lowest BCUT2D eigenvalue weighted by Crippen LogP contribution is -2.41. The predicted octanol–water partition coefficient (Wildman–Crippen LogP) is 7.20. The van der Waals surface area contributed by atoms with Crippen molar-refractivity contribution >= 4 is 58.4 Å². The molecule has 62 heavy (non-hydrogen) atoms. The second kappa shape index (κ2) is 17.0. The largest absolute Gasteiger partial charge is 0.441 e. The zero-order valence-corrected chi connectivity index (χ0v) is 32.7. The minimum atomic E-state index is -4.64. The summed E-state index contributed by atoms with van der Waals surface area (Å²) in [5.41, 5.74) is 7.34. The van der Waals surface area contributed by atoms with E-state index in [1.54, 1.807) is 48.8 Å². The molecule has 2 spiro atoms. The van der Waals surface area contributed by atoms with Gasteiger partial charge in [-0.1, -0.05) is 12.1 Å². The van der Waals surface area contributed by atoms with Crippen molar-refractivity contribution in [1.29, 1.82) is 0 Å². The molecule has 4 fully saturated rings. The lowest BCUT2D eigenvalue weighted by atomic mass is 9.78. The quantitative estimate of drug-likeness (QED) is 0.141. The zero-order chi connectivity index (χ0) is 44.5. The second-order valence-electron chi connectivity index (χ2n) is 15.5. The number of carbonyl (C=O) groups is 4. The van der Waals surface area contributed by atoms with Gasteiger partial charge in [0.1, 0.15) is 34.2 Å². The number of rotatable bonds is 6. The van der Waals surface area contributed by atoms with Crippen molar-refractivity contribution < 1.29 is 55.0 Å². The van der Waals surface area contributed by atoms with Crippen LogP contribution in [0.1, 0.15) is 62.8 Å². The number of amides is 4. The molecule has 2 saturated heterocycles. The molecule has 2 aliphatic carbocycles. The topological polar surface area (TPSA) is 221 Å². The van der Waals surface area contributed by atoms with E-state index >= 15 is 0 Å². The first kappa shape index (κ1) is 43.4. The van der Waals surface area contributed by atoms with Gasteiger partial charge in [-0.05, 0) is 87.8 Å². The highest BCUT2D eigenvalue weighted by atomic mass is 19.4. The molecule has 0 atom stereocenters. The lowest BCUT2D eigenvalue weighted by Gasteiger charge is -2.34. The average Bonchev–Trinajstić information content (AvgIpc) is 3.74. The van der Waals surface area contributed by atoms with E-state index in [2.05, 4.69) is 30.6 Å². The summed E-state index contributed by atoms with van der Waals surface area (Å²) < 4.78 is 88.1. The third-order valence-electron chi connectivity index (χ3n) is 11.3. The van der Waals surface area contributed by atoms with Gasteiger partial charge in [-0.2, -0.15) is 26.3 Å². The number of alkyl halides is 6. The standard InChI is InChI=1S/2C20H20F3N5O3/c21-20(22,23)15-9-14(13(24)10-26-15)27-17(29)12-4-6-19(7-5-12)11-28(18(30)31-19)16-3-1-2-8-25-16;21-20(22,23)15-9-13(24)14(10-26-15)27-17(29)12-4-6-19(7-5-12)11-28(18(30)31-19)16-3-1-2-8-25-16/h1-3,8-10,12H,4-7,11,24H2,(H,26,27,29);1-3,8-10,12H,4-7,11H2,(H2,24,26)(H,27,29). The van der Waals surface area contributed by atoms with Gasteiger partial charge in [-0.25, -0.2) is 29.5 Å². The van der Waals surface area contributed by atoms with Gasteiger partial charge in [0.25, 0.3) is 0 Å². The van der Waals surface area contributed by atoms with Crippen molar-refractivity contribution in [2.24, 2.45) is 11.8 Å². The summed E-state index contributed by atoms with van der Waals surface area (Å²) in [4.78, 5) is 67.8. The third-order valence-corrected chi connectivity index (χ3v) is 11.3. The molecule has 4 amide bonds. The Labute approximate surface area is 349 Å². The van der Waals surface area contributed by atoms with E-state index in [-0.39, 0.29) is 34.6 Å². The number of hydrogen-bond donors (Lipinski definition) is 4. The fraction of sp³-hybridized carbons (Fsp3) is 0.400. The maximum Gasteiger partial charge on any atom is 0.433 e. The first-order valence-electron chi connectivity index (χ1n) is 19.4. The number of carbonyl (C=O) groups excluding carboxylic acids is 4. The van der Waals surface area contributed by atoms with Gasteiger partial charge in [0.05, 0.1) is 48.2 Å². The number of nitrogens with zero attached hydrogens (tertiary/aromatic N) is 6. The molecule has 4 aromatic rings. The average molecular weight is 871 g/mol. The number of aromatic nitrogens is 4. The lowest BCUT2D eigenvalue weighted by molar-refractivity contribution is -0.141. The number of nitrogens with one attached hydrogen (secondary N) is 2. The van der Waals surface area contributed by atoms with Crippen LogP contribution in [0, 0.1) is 11.8 Å². The molecule has 4 aliphatic rings. The highest BCUT2D eigenvalue weighted by Gasteiger charge is 2.50. The molecule has 4 aromatic heterocycles. The molecule has 0 radical (unpaired) electrons. The van der Waals surface area contributed by atoms with Crippen molar-refractivity contribution in [1.82, 2.24) is 19.9 Å². The molecular weight excluding hydrogens is 830 g/mol. The number of pyridine rings is 4. The number of nitrogen functional groups attached to an aromatic ring is 2. The Hall–Kier alpha value is -6.74. The molecule has 2 saturated carbocycles. The highest BCUT2D eigenvalue weighted by molar-refractivity contribution is 5.96. The smallest absolute Gasteiger partial charge is 0.433 e. The van der Waals surface area contributed by atoms with E-state index in [1.807, 2.05) is 0 Å². The number of halogens is 6. The fourth-order valence-corrected chi connectivity index (χ4v) is 7.89. The summed E-state index contributed by atoms with van der Waals surface area (Å²) in [5.74, 6) is -0.585. The third kappa shape index (κ3) is 9.57. The second-order valence-corrected chi connectivity index (χ2v) is 15.5. The summed E-state index contributed by atoms with van der Waals surface area (Å²) in [6.07, 6.45) is -1.59. The van der Waals surface area contributed by atoms with E-state index in [0.29, 0.717) is 82.2 Å². The molecule has 22 heteroatoms. The van der Waals surface area contributed by atoms with Crippen molar-refractivity contribution in [3.05, 3.63) is 84.7 Å². The molecule has 6 heterocycles. The van der Waals surface area contributed by atoms with Crippen LogP contribution >= 0.6 is 0 Å². The maximum atomic E-state index is 12.9. The number of anilines is 6. The van der Waals surface area contributed by atoms with Crippen LogP contribution in [0.3, 0.4) is 0 Å². The summed E-state index contributed by atoms with van der Waals surface area (Å²) >= 11 is 0. The first-order chi connectivity index (χ1) is 29.3. The molecule has 2 aliphatic heterocycles. The van der Waals surface area contributed by atoms with Gasteiger partial charge in [-0.15, -0.1) is 0 Å². The summed E-state index contributed by atoms with van der Waals surface area (Å²) in [5, 5.41) is 5.04. The monoisotopic (exact) mass is 870 g/mol. The minimum Gasteiger partial charge on any atom is -0.441 e. The van der Waals surface area contributed by atoms with Crippen molar-refractivity contribution in [3.63, 3.8) is 0 Å². The molecule has 0 unspecified atom stereocenters. The Bertz CT molecular complexity index is 2300. The SMILES string of the molecule is Nc1cc(C(F)(F)F)ncc1NC(=O)C1CCC2(CC1)CN(c1ccccn1)C(=O)O2.Nc1cnc(C(F)(F)F)cc1NC(=O)C1CCC2(CC1)CN(c1ccccn1)C(=O)O2. The van der Waals surface area contributed by atoms with Crippen molar-refractivity contribution in [3.8, 4) is 0 Å². The molecule has 16 nitrogen and oxygen atoms in total. The molecule has 328 valence electrons. The zero-order valence-electron chi connectivity index (χ0n) is 32.7. The van der Waals surface area contributed by atoms with Crippen LogP contribution in [0.25, 0.3) is 0 Å². The van der Waals surface area contributed by atoms with Gasteiger partial charge in [-0.3, -0.25) is 19.4 Å². The van der Waals surface area contributed by atoms with E-state index < -0.39 is 59.0 Å². The van der Waals surface area contributed by atoms with Crippen molar-refractivity contribution in [2.45, 2.75) is 74.9 Å². The van der Waals surface area contributed by atoms with Crippen LogP contribution in [0.5, 0.6) is 0 Å². The summed E-state index contributed by atoms with van der Waals surface area (Å²) in [6, 6.07) is 11.9. The number of hydrogen-bond acceptors (Lipinski definition) is 12. The molecule has 0 bridgehead atoms. The minimum absolute atomic E-state index is 0.0342. The van der Waals surface area contributed by atoms with Crippen LogP contribution in [-0.4, -0.2) is 68.2 Å². The van der Waals surface area contributed by atoms with Gasteiger partial charge in [0, 0.05) is 24.2 Å². The van der Waals surface area contributed by atoms with E-state index in [9.17, 15) is 45.5 Å². The van der Waals surface area contributed by atoms with E-state index in [1.165, 1.54) is 9.80 Å². The van der Waals surface area contributed by atoms with Crippen LogP contribution < -0.4 is 31.9 Å². The molecular formula is C40H40F6N10O6. The number of ether oxygens (including phenoxy) is 2. The van der Waals surface area contributed by atoms with Gasteiger partial charge < -0.3 is 31.6 Å². The maximum absolute atomic E-state index is 12.9. The fourth-order valence-electron chi connectivity index (χ4n) is 7.89. The molecule has 0 aromatic carbocycles. The highest BCUT2D eigenvalue weighted by Crippen LogP contribution is 2.43. The Kier molecular flexibility index (Phi) is 11.9. The van der Waals surface area contributed by atoms with E-state index in [4.69, 9.17) is 20.9 Å². The van der Waals surface area contributed by atoms with Gasteiger partial charge in [0.15, 0.2) is 0 Å². The van der Waals surface area contributed by atoms with Crippen LogP contribution in [0.15, 0.2) is 73.3 Å². The number of nitrogens with two attached hydrogens (primary N) is 2.